The Morgan fingerprint density at radius 3 is 2.94 bits per heavy atom. The predicted molar refractivity (Wildman–Crippen MR) is 69.6 cm³/mol. The fourth-order valence-corrected chi connectivity index (χ4v) is 2.19. The lowest BCUT2D eigenvalue weighted by molar-refractivity contribution is -0.122. The fourth-order valence-electron chi connectivity index (χ4n) is 1.88. The van der Waals surface area contributed by atoms with Crippen LogP contribution in [0.2, 0.25) is 0 Å². The quantitative estimate of drug-likeness (QED) is 0.847. The summed E-state index contributed by atoms with van der Waals surface area (Å²) in [4.78, 5) is 11.5. The molecule has 0 spiro atoms. The van der Waals surface area contributed by atoms with Gasteiger partial charge in [0.2, 0.25) is 5.91 Å². The van der Waals surface area contributed by atoms with Gasteiger partial charge in [-0.2, -0.15) is 5.10 Å². The van der Waals surface area contributed by atoms with E-state index in [-0.39, 0.29) is 11.8 Å². The molecule has 1 fully saturated rings. The number of carbonyl (C=O) groups is 1. The first kappa shape index (κ1) is 12.6. The number of amides is 1. The lowest BCUT2D eigenvalue weighted by atomic mass is 10.3. The Labute approximate surface area is 110 Å². The summed E-state index contributed by atoms with van der Waals surface area (Å²) in [5.74, 6) is 1.08. The molecule has 0 unspecified atom stereocenters. The molecule has 2 rings (SSSR count). The highest BCUT2D eigenvalue weighted by Crippen LogP contribution is 2.37. The molecule has 0 bridgehead atoms. The van der Waals surface area contributed by atoms with Crippen LogP contribution in [-0.2, 0) is 11.3 Å². The lowest BCUT2D eigenvalue weighted by Gasteiger charge is -2.04. The van der Waals surface area contributed by atoms with Gasteiger partial charge >= 0.3 is 0 Å². The lowest BCUT2D eigenvalue weighted by Crippen LogP contribution is -2.27. The van der Waals surface area contributed by atoms with Gasteiger partial charge in [0.25, 0.3) is 0 Å². The van der Waals surface area contributed by atoms with Gasteiger partial charge in [0.1, 0.15) is 0 Å². The second kappa shape index (κ2) is 5.21. The average molecular weight is 300 g/mol. The zero-order valence-electron chi connectivity index (χ0n) is 10.2. The summed E-state index contributed by atoms with van der Waals surface area (Å²) in [6.45, 7) is 5.66. The third kappa shape index (κ3) is 3.31. The molecule has 1 amide bonds. The molecule has 94 valence electrons. The first-order chi connectivity index (χ1) is 8.08. The van der Waals surface area contributed by atoms with E-state index in [9.17, 15) is 4.79 Å². The Bertz CT molecular complexity index is 396. The van der Waals surface area contributed by atoms with Crippen LogP contribution in [0, 0.1) is 18.8 Å². The molecule has 4 nitrogen and oxygen atoms in total. The van der Waals surface area contributed by atoms with Crippen molar-refractivity contribution in [2.24, 2.45) is 11.8 Å². The number of aryl methyl sites for hydroxylation is 2. The predicted octanol–water partition coefficient (Wildman–Crippen LogP) is 2.12. The summed E-state index contributed by atoms with van der Waals surface area (Å²) >= 11 is 3.43. The molecule has 0 aliphatic heterocycles. The zero-order chi connectivity index (χ0) is 12.4. The van der Waals surface area contributed by atoms with E-state index >= 15 is 0 Å². The standard InChI is InChI=1S/C12H18BrN3O/c1-8-6-10(8)12(17)14-4-3-5-16-7-11(13)9(2)15-16/h7-8,10H,3-6H2,1-2H3,(H,14,17)/t8-,10+/m1/s1. The minimum Gasteiger partial charge on any atom is -0.356 e. The van der Waals surface area contributed by atoms with Gasteiger partial charge in [0.15, 0.2) is 0 Å². The van der Waals surface area contributed by atoms with Crippen LogP contribution in [0.15, 0.2) is 10.7 Å². The van der Waals surface area contributed by atoms with E-state index in [1.807, 2.05) is 17.8 Å². The third-order valence-corrected chi connectivity index (χ3v) is 3.97. The fraction of sp³-hybridized carbons (Fsp3) is 0.667. The Hall–Kier alpha value is -0.840. The Morgan fingerprint density at radius 1 is 1.71 bits per heavy atom. The first-order valence-corrected chi connectivity index (χ1v) is 6.84. The van der Waals surface area contributed by atoms with Crippen molar-refractivity contribution >= 4 is 21.8 Å². The maximum Gasteiger partial charge on any atom is 0.223 e. The number of nitrogens with one attached hydrogen (secondary N) is 1. The normalized spacial score (nSPS) is 22.5. The molecule has 2 atom stereocenters. The number of carbonyl (C=O) groups excluding carboxylic acids is 1. The van der Waals surface area contributed by atoms with Crippen molar-refractivity contribution in [3.8, 4) is 0 Å². The van der Waals surface area contributed by atoms with E-state index in [0.717, 1.165) is 36.1 Å². The molecule has 1 aromatic heterocycles. The molecule has 1 heterocycles. The number of hydrogen-bond acceptors (Lipinski definition) is 2. The van der Waals surface area contributed by atoms with E-state index in [4.69, 9.17) is 0 Å². The number of rotatable bonds is 5. The summed E-state index contributed by atoms with van der Waals surface area (Å²) in [6.07, 6.45) is 3.94. The van der Waals surface area contributed by atoms with Gasteiger partial charge in [0, 0.05) is 25.2 Å². The van der Waals surface area contributed by atoms with Crippen molar-refractivity contribution in [3.05, 3.63) is 16.4 Å². The van der Waals surface area contributed by atoms with Crippen LogP contribution < -0.4 is 5.32 Å². The van der Waals surface area contributed by atoms with Gasteiger partial charge in [0.05, 0.1) is 10.2 Å². The Kier molecular flexibility index (Phi) is 3.86. The second-order valence-corrected chi connectivity index (χ2v) is 5.64. The SMILES string of the molecule is Cc1nn(CCCNC(=O)[C@H]2C[C@H]2C)cc1Br. The van der Waals surface area contributed by atoms with Crippen LogP contribution in [0.3, 0.4) is 0 Å². The number of aromatic nitrogens is 2. The number of hydrogen-bond donors (Lipinski definition) is 1. The van der Waals surface area contributed by atoms with Crippen molar-refractivity contribution in [3.63, 3.8) is 0 Å². The van der Waals surface area contributed by atoms with E-state index in [2.05, 4.69) is 33.3 Å². The molecule has 17 heavy (non-hydrogen) atoms. The van der Waals surface area contributed by atoms with Crippen molar-refractivity contribution in [1.82, 2.24) is 15.1 Å². The largest absolute Gasteiger partial charge is 0.356 e. The highest BCUT2D eigenvalue weighted by molar-refractivity contribution is 9.10. The third-order valence-electron chi connectivity index (χ3n) is 3.20. The molecule has 1 N–H and O–H groups in total. The van der Waals surface area contributed by atoms with Gasteiger partial charge in [-0.1, -0.05) is 6.92 Å². The van der Waals surface area contributed by atoms with Gasteiger partial charge in [-0.05, 0) is 41.6 Å². The van der Waals surface area contributed by atoms with Crippen LogP contribution in [0.4, 0.5) is 0 Å². The average Bonchev–Trinajstić information content (AvgIpc) is 2.92. The summed E-state index contributed by atoms with van der Waals surface area (Å²) in [5.41, 5.74) is 1.00. The zero-order valence-corrected chi connectivity index (χ0v) is 11.8. The van der Waals surface area contributed by atoms with E-state index in [1.165, 1.54) is 0 Å². The molecular formula is C12H18BrN3O. The van der Waals surface area contributed by atoms with Gasteiger partial charge in [-0.15, -0.1) is 0 Å². The molecule has 1 aliphatic carbocycles. The van der Waals surface area contributed by atoms with Crippen molar-refractivity contribution in [2.45, 2.75) is 33.2 Å². The van der Waals surface area contributed by atoms with Gasteiger partial charge in [-0.25, -0.2) is 0 Å². The molecule has 1 saturated carbocycles. The summed E-state index contributed by atoms with van der Waals surface area (Å²) in [7, 11) is 0. The van der Waals surface area contributed by atoms with Crippen LogP contribution in [-0.4, -0.2) is 22.2 Å². The molecular weight excluding hydrogens is 282 g/mol. The minimum atomic E-state index is 0.218. The van der Waals surface area contributed by atoms with E-state index in [1.54, 1.807) is 0 Å². The smallest absolute Gasteiger partial charge is 0.223 e. The van der Waals surface area contributed by atoms with Crippen LogP contribution in [0.25, 0.3) is 0 Å². The number of halogens is 1. The van der Waals surface area contributed by atoms with Crippen molar-refractivity contribution < 1.29 is 4.79 Å². The van der Waals surface area contributed by atoms with Gasteiger partial charge < -0.3 is 5.32 Å². The molecule has 5 heteroatoms. The Morgan fingerprint density at radius 2 is 2.41 bits per heavy atom. The summed E-state index contributed by atoms with van der Waals surface area (Å²) in [6, 6.07) is 0. The minimum absolute atomic E-state index is 0.218. The van der Waals surface area contributed by atoms with Crippen LogP contribution >= 0.6 is 15.9 Å². The molecule has 1 aliphatic rings. The summed E-state index contributed by atoms with van der Waals surface area (Å²) < 4.78 is 2.94. The van der Waals surface area contributed by atoms with Crippen LogP contribution in [0.5, 0.6) is 0 Å². The number of nitrogens with zero attached hydrogens (tertiary/aromatic N) is 2. The maximum atomic E-state index is 11.5. The van der Waals surface area contributed by atoms with Gasteiger partial charge in [-0.3, -0.25) is 9.48 Å². The molecule has 1 aromatic rings. The van der Waals surface area contributed by atoms with E-state index < -0.39 is 0 Å². The molecule has 0 radical (unpaired) electrons. The van der Waals surface area contributed by atoms with Crippen LogP contribution in [0.1, 0.15) is 25.5 Å². The first-order valence-electron chi connectivity index (χ1n) is 6.05. The summed E-state index contributed by atoms with van der Waals surface area (Å²) in [5, 5.41) is 7.32. The van der Waals surface area contributed by atoms with Crippen molar-refractivity contribution in [2.75, 3.05) is 6.54 Å². The maximum absolute atomic E-state index is 11.5. The monoisotopic (exact) mass is 299 g/mol. The molecule has 0 saturated heterocycles. The molecule has 0 aromatic carbocycles. The Balaban J connectivity index is 1.64. The highest BCUT2D eigenvalue weighted by atomic mass is 79.9. The van der Waals surface area contributed by atoms with Crippen molar-refractivity contribution in [1.29, 1.82) is 0 Å². The second-order valence-electron chi connectivity index (χ2n) is 4.79. The van der Waals surface area contributed by atoms with E-state index in [0.29, 0.717) is 5.92 Å². The topological polar surface area (TPSA) is 46.9 Å². The highest BCUT2D eigenvalue weighted by Gasteiger charge is 2.38.